The zero-order valence-corrected chi connectivity index (χ0v) is 38.3. The molecule has 8 amide bonds. The molecule has 13 N–H and O–H groups in total. The number of carboxylic acid groups (broad SMARTS) is 1. The molecular formula is C40H56N10O17S. The molecule has 2 saturated heterocycles. The van der Waals surface area contributed by atoms with Crippen molar-refractivity contribution in [1.82, 2.24) is 47.1 Å². The van der Waals surface area contributed by atoms with E-state index in [-0.39, 0.29) is 21.5 Å². The topological polar surface area (TPSA) is 418 Å². The Balaban J connectivity index is 1.85. The number of nitrogens with one attached hydrogen (secondary N) is 8. The zero-order valence-electron chi connectivity index (χ0n) is 37.5. The predicted octanol–water partition coefficient (Wildman–Crippen LogP) is -4.78. The molecule has 2 aromatic rings. The number of rotatable bonds is 11. The van der Waals surface area contributed by atoms with Crippen molar-refractivity contribution in [1.29, 1.82) is 0 Å². The van der Waals surface area contributed by atoms with Gasteiger partial charge in [0.15, 0.2) is 5.75 Å². The molecule has 0 spiro atoms. The lowest BCUT2D eigenvalue weighted by Gasteiger charge is -2.32. The van der Waals surface area contributed by atoms with E-state index in [2.05, 4.69) is 42.2 Å². The summed E-state index contributed by atoms with van der Waals surface area (Å²) in [6.45, 7) is 2.58. The first-order valence-electron chi connectivity index (χ1n) is 21.3. The quantitative estimate of drug-likeness (QED) is 0.0742. The number of nitro groups is 1. The van der Waals surface area contributed by atoms with Gasteiger partial charge in [-0.1, -0.05) is 27.2 Å². The molecule has 374 valence electrons. The van der Waals surface area contributed by atoms with Gasteiger partial charge in [-0.2, -0.15) is 0 Å². The minimum absolute atomic E-state index is 0.0226. The van der Waals surface area contributed by atoms with E-state index in [9.17, 15) is 83.0 Å². The largest absolute Gasteiger partial charge is 0.502 e. The van der Waals surface area contributed by atoms with Crippen molar-refractivity contribution in [2.24, 2.45) is 11.8 Å². The minimum atomic E-state index is -1.93. The summed E-state index contributed by atoms with van der Waals surface area (Å²) in [7, 11) is -1.93. The highest BCUT2D eigenvalue weighted by Gasteiger charge is 2.44. The first-order valence-corrected chi connectivity index (χ1v) is 22.8. The molecule has 11 atom stereocenters. The Morgan fingerprint density at radius 2 is 1.51 bits per heavy atom. The lowest BCUT2D eigenvalue weighted by molar-refractivity contribution is -0.385. The highest BCUT2D eigenvalue weighted by Crippen LogP contribution is 2.35. The van der Waals surface area contributed by atoms with Crippen LogP contribution in [-0.2, 0) is 60.4 Å². The van der Waals surface area contributed by atoms with Gasteiger partial charge >= 0.3 is 11.7 Å². The van der Waals surface area contributed by atoms with Crippen molar-refractivity contribution in [2.45, 2.75) is 107 Å². The molecular weight excluding hydrogens is 925 g/mol. The number of nitrogens with zero attached hydrogens (tertiary/aromatic N) is 2. The van der Waals surface area contributed by atoms with Crippen molar-refractivity contribution in [2.75, 3.05) is 32.5 Å². The standard InChI is InChI=1S/C40H56N10O17S/c1-6-16(2)32-37(62)42-12-29(55)43-18(4)34(59)45-24(11-31(57)58)40(64)49-14-19(52)7-26(49)36(61)48-33(17(3)28(54)15-51)38(63)44-23(35(60)41-13-30(56)47-32)8-21-20-9-25(50(65)66)27(53)10-22(20)46-39(21)68(5)67/h9-10,16-19,23-24,26,28,32-33,46,51-54H,6-8,11-15H2,1-5H3,(H,41,60)(H,42,62)(H,43,55)(H,44,63)(H,45,59)(H,47,56)(H,48,61)(H,57,58)/t16-,17?,18-,19+,23-,24-,26-,28-,32?,33?,68?/m0/s1. The molecule has 0 saturated carbocycles. The normalized spacial score (nSPS) is 26.1. The van der Waals surface area contributed by atoms with E-state index < -0.39 is 186 Å². The van der Waals surface area contributed by atoms with E-state index in [4.69, 9.17) is 0 Å². The predicted molar refractivity (Wildman–Crippen MR) is 234 cm³/mol. The molecule has 1 aromatic carbocycles. The van der Waals surface area contributed by atoms with Gasteiger partial charge in [-0.25, -0.2) is 0 Å². The number of phenolic OH excluding ortho intramolecular Hbond substituents is 1. The third-order valence-electron chi connectivity index (χ3n) is 11.7. The van der Waals surface area contributed by atoms with Crippen molar-refractivity contribution in [3.63, 3.8) is 0 Å². The second-order valence-corrected chi connectivity index (χ2v) is 17.9. The van der Waals surface area contributed by atoms with Crippen LogP contribution in [0.4, 0.5) is 5.69 Å². The van der Waals surface area contributed by atoms with Crippen molar-refractivity contribution >= 4 is 80.6 Å². The minimum Gasteiger partial charge on any atom is -0.502 e. The van der Waals surface area contributed by atoms with Gasteiger partial charge in [-0.15, -0.1) is 0 Å². The van der Waals surface area contributed by atoms with Gasteiger partial charge in [-0.3, -0.25) is 57.5 Å². The van der Waals surface area contributed by atoms with E-state index in [0.717, 1.165) is 17.0 Å². The Labute approximate surface area is 389 Å². The fourth-order valence-corrected chi connectivity index (χ4v) is 8.42. The van der Waals surface area contributed by atoms with Crippen LogP contribution in [0.1, 0.15) is 52.5 Å². The number of H-pyrrole nitrogens is 1. The molecule has 2 aliphatic heterocycles. The number of aliphatic hydroxyl groups excluding tert-OH is 3. The summed E-state index contributed by atoms with van der Waals surface area (Å²) in [4.78, 5) is 136. The van der Waals surface area contributed by atoms with Gasteiger partial charge in [-0.05, 0) is 18.4 Å². The number of hydrogen-bond acceptors (Lipinski definition) is 16. The monoisotopic (exact) mass is 980 g/mol. The SMILES string of the molecule is CC[C@H](C)C1NC(=O)CNC(=O)[C@H](Cc2c(S(C)=O)[nH]c3cc(O)c([N+](=O)[O-])cc23)NC(=O)C(C(C)[C@@H](O)CO)NC(=O)[C@@H]2C[C@@H](O)CN2C(=O)[C@H](CC(=O)O)NC(=O)[C@H](C)NC(=O)CNC1=O. The maximum Gasteiger partial charge on any atom is 0.311 e. The number of hydrogen-bond donors (Lipinski definition) is 13. The van der Waals surface area contributed by atoms with Crippen LogP contribution >= 0.6 is 0 Å². The number of aromatic nitrogens is 1. The van der Waals surface area contributed by atoms with E-state index in [0.29, 0.717) is 6.42 Å². The van der Waals surface area contributed by atoms with Crippen LogP contribution in [0, 0.1) is 22.0 Å². The summed E-state index contributed by atoms with van der Waals surface area (Å²) >= 11 is 0. The number of carbonyl (C=O) groups excluding carboxylic acids is 8. The Kier molecular flexibility index (Phi) is 18.4. The summed E-state index contributed by atoms with van der Waals surface area (Å²) in [5.74, 6) is -12.8. The summed E-state index contributed by atoms with van der Waals surface area (Å²) in [5.41, 5.74) is -0.802. The lowest BCUT2D eigenvalue weighted by Crippen LogP contribution is -2.61. The zero-order chi connectivity index (χ0) is 50.9. The third kappa shape index (κ3) is 13.2. The smallest absolute Gasteiger partial charge is 0.311 e. The van der Waals surface area contributed by atoms with Gasteiger partial charge in [0.05, 0.1) is 59.6 Å². The number of nitro benzene ring substituents is 1. The van der Waals surface area contributed by atoms with Crippen LogP contribution in [0.5, 0.6) is 5.75 Å². The summed E-state index contributed by atoms with van der Waals surface area (Å²) in [6.07, 6.45) is -3.80. The van der Waals surface area contributed by atoms with Crippen molar-refractivity contribution < 1.29 is 77.8 Å². The molecule has 3 heterocycles. The first-order chi connectivity index (χ1) is 31.9. The fourth-order valence-electron chi connectivity index (χ4n) is 7.62. The first kappa shape index (κ1) is 53.8. The van der Waals surface area contributed by atoms with E-state index in [1.807, 2.05) is 0 Å². The molecule has 0 radical (unpaired) electrons. The summed E-state index contributed by atoms with van der Waals surface area (Å²) in [5, 5.41) is 79.4. The van der Waals surface area contributed by atoms with Gasteiger partial charge in [0.25, 0.3) is 0 Å². The highest BCUT2D eigenvalue weighted by molar-refractivity contribution is 7.84. The van der Waals surface area contributed by atoms with Crippen molar-refractivity contribution in [3.05, 3.63) is 27.8 Å². The number of aliphatic hydroxyl groups is 3. The van der Waals surface area contributed by atoms with Crippen LogP contribution in [-0.4, -0.2) is 179 Å². The Morgan fingerprint density at radius 1 is 0.897 bits per heavy atom. The number of benzene rings is 1. The second-order valence-electron chi connectivity index (χ2n) is 16.6. The highest BCUT2D eigenvalue weighted by atomic mass is 32.2. The lowest BCUT2D eigenvalue weighted by atomic mass is 9.93. The van der Waals surface area contributed by atoms with Crippen LogP contribution in [0.15, 0.2) is 17.2 Å². The van der Waals surface area contributed by atoms with Crippen molar-refractivity contribution in [3.8, 4) is 5.75 Å². The van der Waals surface area contributed by atoms with E-state index >= 15 is 0 Å². The molecule has 27 nitrogen and oxygen atoms in total. The van der Waals surface area contributed by atoms with Crippen LogP contribution in [0.25, 0.3) is 10.9 Å². The van der Waals surface area contributed by atoms with Crippen LogP contribution < -0.4 is 37.2 Å². The third-order valence-corrected chi connectivity index (χ3v) is 12.6. The van der Waals surface area contributed by atoms with Crippen LogP contribution in [0.3, 0.4) is 0 Å². The molecule has 2 fully saturated rings. The molecule has 0 aliphatic carbocycles. The molecule has 2 aliphatic rings. The Bertz CT molecular complexity index is 2340. The average molecular weight is 981 g/mol. The second kappa shape index (κ2) is 23.3. The number of aromatic hydroxyl groups is 1. The Hall–Kier alpha value is -6.78. The Morgan fingerprint density at radius 3 is 2.10 bits per heavy atom. The average Bonchev–Trinajstić information content (AvgIpc) is 3.85. The van der Waals surface area contributed by atoms with Gasteiger partial charge in [0, 0.05) is 49.1 Å². The maximum atomic E-state index is 14.4. The van der Waals surface area contributed by atoms with Gasteiger partial charge < -0.3 is 72.6 Å². The van der Waals surface area contributed by atoms with Gasteiger partial charge in [0.1, 0.15) is 41.3 Å². The number of carbonyl (C=O) groups is 9. The number of phenols is 1. The van der Waals surface area contributed by atoms with E-state index in [1.165, 1.54) is 20.1 Å². The van der Waals surface area contributed by atoms with Gasteiger partial charge in [0.2, 0.25) is 47.3 Å². The number of carboxylic acids is 1. The molecule has 4 unspecified atom stereocenters. The molecule has 0 bridgehead atoms. The molecule has 28 heteroatoms. The molecule has 68 heavy (non-hydrogen) atoms. The molecule has 1 aromatic heterocycles. The number of amides is 8. The summed E-state index contributed by atoms with van der Waals surface area (Å²) < 4.78 is 13.1. The fraction of sp³-hybridized carbons (Fsp3) is 0.575. The van der Waals surface area contributed by atoms with E-state index in [1.54, 1.807) is 13.8 Å². The number of aliphatic carboxylic acids is 1. The number of fused-ring (bicyclic) bond motifs is 2. The summed E-state index contributed by atoms with van der Waals surface area (Å²) in [6, 6.07) is -8.14. The van der Waals surface area contributed by atoms with Crippen LogP contribution in [0.2, 0.25) is 0 Å². The maximum absolute atomic E-state index is 14.4. The molecule has 4 rings (SSSR count). The number of aromatic amines is 1.